The summed E-state index contributed by atoms with van der Waals surface area (Å²) in [5, 5.41) is 12.5. The van der Waals surface area contributed by atoms with E-state index in [2.05, 4.69) is 19.2 Å². The molecule has 0 N–H and O–H groups in total. The van der Waals surface area contributed by atoms with Crippen LogP contribution in [-0.2, 0) is 6.42 Å². The molecule has 3 aromatic heterocycles. The summed E-state index contributed by atoms with van der Waals surface area (Å²) in [5.41, 5.74) is -0.754. The molecule has 1 fully saturated rings. The molecular formula is C17H19N7O3S. The third kappa shape index (κ3) is 3.28. The Labute approximate surface area is 164 Å². The maximum absolute atomic E-state index is 12.7. The van der Waals surface area contributed by atoms with E-state index in [4.69, 9.17) is 0 Å². The SMILES string of the molecule is CCc1nsc(N2CCCN(c3nc4ccccn4c(=O)c3[N+](=O)[O-])CC2)n1. The van der Waals surface area contributed by atoms with Crippen molar-refractivity contribution in [1.82, 2.24) is 18.7 Å². The van der Waals surface area contributed by atoms with E-state index in [9.17, 15) is 14.9 Å². The molecule has 1 aliphatic heterocycles. The monoisotopic (exact) mass is 401 g/mol. The van der Waals surface area contributed by atoms with Gasteiger partial charge < -0.3 is 9.80 Å². The van der Waals surface area contributed by atoms with Gasteiger partial charge in [-0.15, -0.1) is 0 Å². The summed E-state index contributed by atoms with van der Waals surface area (Å²) in [6, 6.07) is 5.07. The lowest BCUT2D eigenvalue weighted by atomic mass is 10.3. The highest BCUT2D eigenvalue weighted by Crippen LogP contribution is 2.26. The Morgan fingerprint density at radius 3 is 2.71 bits per heavy atom. The van der Waals surface area contributed by atoms with Gasteiger partial charge in [-0.3, -0.25) is 19.3 Å². The fourth-order valence-electron chi connectivity index (χ4n) is 3.29. The van der Waals surface area contributed by atoms with Crippen LogP contribution in [0.25, 0.3) is 5.65 Å². The molecule has 11 heteroatoms. The molecule has 28 heavy (non-hydrogen) atoms. The van der Waals surface area contributed by atoms with Crippen LogP contribution in [-0.4, -0.2) is 49.8 Å². The summed E-state index contributed by atoms with van der Waals surface area (Å²) < 4.78 is 5.54. The van der Waals surface area contributed by atoms with Crippen LogP contribution in [0.15, 0.2) is 29.2 Å². The normalized spacial score (nSPS) is 15.0. The van der Waals surface area contributed by atoms with Crippen molar-refractivity contribution in [1.29, 1.82) is 0 Å². The highest BCUT2D eigenvalue weighted by Gasteiger charge is 2.29. The highest BCUT2D eigenvalue weighted by atomic mass is 32.1. The smallest absolute Gasteiger partial charge is 0.349 e. The number of nitrogens with zero attached hydrogens (tertiary/aromatic N) is 7. The number of fused-ring (bicyclic) bond motifs is 1. The standard InChI is InChI=1S/C17H19N7O3S/c1-2-12-18-17(28-20-12)22-8-5-7-21(10-11-22)15-14(24(26)27)16(25)23-9-4-3-6-13(23)19-15/h3-4,6,9H,2,5,7-8,10-11H2,1H3. The van der Waals surface area contributed by atoms with Crippen LogP contribution < -0.4 is 15.4 Å². The van der Waals surface area contributed by atoms with Gasteiger partial charge in [-0.2, -0.15) is 4.37 Å². The van der Waals surface area contributed by atoms with Crippen molar-refractivity contribution in [2.75, 3.05) is 36.0 Å². The van der Waals surface area contributed by atoms with Gasteiger partial charge in [0.2, 0.25) is 10.9 Å². The summed E-state index contributed by atoms with van der Waals surface area (Å²) in [5.74, 6) is 0.954. The first-order chi connectivity index (χ1) is 13.6. The second kappa shape index (κ2) is 7.50. The molecule has 146 valence electrons. The minimum Gasteiger partial charge on any atom is -0.349 e. The molecule has 0 unspecified atom stereocenters. The summed E-state index contributed by atoms with van der Waals surface area (Å²) >= 11 is 1.37. The van der Waals surface area contributed by atoms with Crippen LogP contribution in [0, 0.1) is 10.1 Å². The molecule has 3 aromatic rings. The predicted octanol–water partition coefficient (Wildman–Crippen LogP) is 1.73. The van der Waals surface area contributed by atoms with Gasteiger partial charge in [-0.1, -0.05) is 13.0 Å². The van der Waals surface area contributed by atoms with Gasteiger partial charge in [-0.05, 0) is 18.6 Å². The molecule has 1 aliphatic rings. The molecule has 0 radical (unpaired) electrons. The second-order valence-electron chi connectivity index (χ2n) is 6.45. The quantitative estimate of drug-likeness (QED) is 0.480. The number of anilines is 2. The van der Waals surface area contributed by atoms with Crippen molar-refractivity contribution in [3.05, 3.63) is 50.7 Å². The Morgan fingerprint density at radius 1 is 1.18 bits per heavy atom. The van der Waals surface area contributed by atoms with Gasteiger partial charge in [0.15, 0.2) is 0 Å². The van der Waals surface area contributed by atoms with Gasteiger partial charge in [0, 0.05) is 50.3 Å². The van der Waals surface area contributed by atoms with Gasteiger partial charge in [0.25, 0.3) is 0 Å². The van der Waals surface area contributed by atoms with Crippen LogP contribution in [0.1, 0.15) is 19.2 Å². The van der Waals surface area contributed by atoms with E-state index in [1.807, 2.05) is 11.8 Å². The minimum atomic E-state index is -0.664. The maximum Gasteiger partial charge on any atom is 0.376 e. The molecule has 0 aromatic carbocycles. The zero-order chi connectivity index (χ0) is 19.7. The van der Waals surface area contributed by atoms with Crippen LogP contribution in [0.4, 0.5) is 16.6 Å². The second-order valence-corrected chi connectivity index (χ2v) is 7.18. The topological polar surface area (TPSA) is 110 Å². The fraction of sp³-hybridized carbons (Fsp3) is 0.412. The Bertz CT molecular complexity index is 1080. The number of aryl methyl sites for hydroxylation is 1. The third-order valence-corrected chi connectivity index (χ3v) is 5.53. The molecular weight excluding hydrogens is 382 g/mol. The zero-order valence-electron chi connectivity index (χ0n) is 15.3. The first kappa shape index (κ1) is 18.3. The first-order valence-corrected chi connectivity index (χ1v) is 9.84. The molecule has 1 saturated heterocycles. The summed E-state index contributed by atoms with van der Waals surface area (Å²) in [4.78, 5) is 36.6. The molecule has 0 bridgehead atoms. The van der Waals surface area contributed by atoms with E-state index < -0.39 is 16.2 Å². The van der Waals surface area contributed by atoms with E-state index in [1.54, 1.807) is 18.2 Å². The first-order valence-electron chi connectivity index (χ1n) is 9.06. The van der Waals surface area contributed by atoms with Crippen molar-refractivity contribution in [2.24, 2.45) is 0 Å². The number of hydrogen-bond donors (Lipinski definition) is 0. The molecule has 10 nitrogen and oxygen atoms in total. The van der Waals surface area contributed by atoms with E-state index >= 15 is 0 Å². The molecule has 0 amide bonds. The van der Waals surface area contributed by atoms with Gasteiger partial charge in [0.1, 0.15) is 11.5 Å². The highest BCUT2D eigenvalue weighted by molar-refractivity contribution is 7.09. The van der Waals surface area contributed by atoms with Crippen molar-refractivity contribution in [2.45, 2.75) is 19.8 Å². The molecule has 0 saturated carbocycles. The lowest BCUT2D eigenvalue weighted by molar-refractivity contribution is -0.385. The zero-order valence-corrected chi connectivity index (χ0v) is 16.1. The predicted molar refractivity (Wildman–Crippen MR) is 106 cm³/mol. The average Bonchev–Trinajstić information content (AvgIpc) is 3.04. The summed E-state index contributed by atoms with van der Waals surface area (Å²) in [6.45, 7) is 4.50. The Hall–Kier alpha value is -3.08. The summed E-state index contributed by atoms with van der Waals surface area (Å²) in [6.07, 6.45) is 3.05. The number of rotatable bonds is 4. The number of nitro groups is 1. The van der Waals surface area contributed by atoms with Crippen molar-refractivity contribution < 1.29 is 4.92 Å². The Balaban J connectivity index is 1.67. The van der Waals surface area contributed by atoms with E-state index in [0.29, 0.717) is 25.3 Å². The van der Waals surface area contributed by atoms with Gasteiger partial charge in [0.05, 0.1) is 4.92 Å². The minimum absolute atomic E-state index is 0.134. The van der Waals surface area contributed by atoms with Gasteiger partial charge in [-0.25, -0.2) is 9.97 Å². The Kier molecular flexibility index (Phi) is 4.90. The van der Waals surface area contributed by atoms with Gasteiger partial charge >= 0.3 is 11.2 Å². The third-order valence-electron chi connectivity index (χ3n) is 4.71. The summed E-state index contributed by atoms with van der Waals surface area (Å²) in [7, 11) is 0. The van der Waals surface area contributed by atoms with Crippen LogP contribution in [0.2, 0.25) is 0 Å². The molecule has 4 heterocycles. The molecule has 0 spiro atoms. The number of pyridine rings is 1. The fourth-order valence-corrected chi connectivity index (χ4v) is 4.09. The van der Waals surface area contributed by atoms with Crippen molar-refractivity contribution in [3.63, 3.8) is 0 Å². The lowest BCUT2D eigenvalue weighted by Gasteiger charge is -2.22. The van der Waals surface area contributed by atoms with E-state index in [-0.39, 0.29) is 5.82 Å². The Morgan fingerprint density at radius 2 is 1.96 bits per heavy atom. The van der Waals surface area contributed by atoms with Crippen LogP contribution >= 0.6 is 11.5 Å². The number of aromatic nitrogens is 4. The van der Waals surface area contributed by atoms with E-state index in [0.717, 1.165) is 30.3 Å². The molecule has 4 rings (SSSR count). The largest absolute Gasteiger partial charge is 0.376 e. The van der Waals surface area contributed by atoms with Crippen LogP contribution in [0.3, 0.4) is 0 Å². The van der Waals surface area contributed by atoms with Crippen LogP contribution in [0.5, 0.6) is 0 Å². The molecule has 0 aliphatic carbocycles. The lowest BCUT2D eigenvalue weighted by Crippen LogP contribution is -2.33. The molecule has 0 atom stereocenters. The van der Waals surface area contributed by atoms with E-state index in [1.165, 1.54) is 22.1 Å². The maximum atomic E-state index is 12.7. The average molecular weight is 401 g/mol. The number of hydrogen-bond acceptors (Lipinski definition) is 9. The van der Waals surface area contributed by atoms with Crippen molar-refractivity contribution >= 4 is 33.8 Å². The van der Waals surface area contributed by atoms with Crippen molar-refractivity contribution in [3.8, 4) is 0 Å².